The zero-order valence-electron chi connectivity index (χ0n) is 10.1. The van der Waals surface area contributed by atoms with Crippen molar-refractivity contribution in [1.29, 1.82) is 0 Å². The SMILES string of the molecule is Nc1ccc(C(=O)NCC2CCCCO2)cc1Br. The molecule has 1 heterocycles. The Labute approximate surface area is 115 Å². The average molecular weight is 313 g/mol. The van der Waals surface area contributed by atoms with Crippen LogP contribution < -0.4 is 11.1 Å². The number of halogens is 1. The van der Waals surface area contributed by atoms with Crippen LogP contribution in [-0.4, -0.2) is 25.2 Å². The minimum atomic E-state index is -0.0927. The Morgan fingerprint density at radius 3 is 3.00 bits per heavy atom. The number of nitrogens with one attached hydrogen (secondary N) is 1. The summed E-state index contributed by atoms with van der Waals surface area (Å²) in [6.45, 7) is 1.37. The van der Waals surface area contributed by atoms with Gasteiger partial charge in [0.05, 0.1) is 6.10 Å². The lowest BCUT2D eigenvalue weighted by Crippen LogP contribution is -2.35. The monoisotopic (exact) mass is 312 g/mol. The molecule has 1 aliphatic heterocycles. The smallest absolute Gasteiger partial charge is 0.251 e. The van der Waals surface area contributed by atoms with Gasteiger partial charge in [-0.2, -0.15) is 0 Å². The van der Waals surface area contributed by atoms with Crippen LogP contribution in [0, 0.1) is 0 Å². The van der Waals surface area contributed by atoms with E-state index in [1.54, 1.807) is 18.2 Å². The van der Waals surface area contributed by atoms with Crippen LogP contribution in [0.2, 0.25) is 0 Å². The molecule has 2 rings (SSSR count). The van der Waals surface area contributed by atoms with Crippen LogP contribution in [0.4, 0.5) is 5.69 Å². The van der Waals surface area contributed by atoms with Gasteiger partial charge in [-0.25, -0.2) is 0 Å². The summed E-state index contributed by atoms with van der Waals surface area (Å²) in [4.78, 5) is 11.9. The summed E-state index contributed by atoms with van der Waals surface area (Å²) in [7, 11) is 0. The molecule has 0 aromatic heterocycles. The van der Waals surface area contributed by atoms with Crippen molar-refractivity contribution in [1.82, 2.24) is 5.32 Å². The molecule has 1 aliphatic rings. The predicted octanol–water partition coefficient (Wildman–Crippen LogP) is 2.33. The molecule has 0 radical (unpaired) electrons. The van der Waals surface area contributed by atoms with Gasteiger partial charge >= 0.3 is 0 Å². The van der Waals surface area contributed by atoms with Gasteiger partial charge in [0.15, 0.2) is 0 Å². The summed E-state index contributed by atoms with van der Waals surface area (Å²) in [5, 5.41) is 2.89. The second-order valence-corrected chi connectivity index (χ2v) is 5.29. The number of amides is 1. The highest BCUT2D eigenvalue weighted by Gasteiger charge is 2.15. The summed E-state index contributed by atoms with van der Waals surface area (Å²) < 4.78 is 6.30. The molecule has 0 aliphatic carbocycles. The molecule has 1 unspecified atom stereocenters. The zero-order chi connectivity index (χ0) is 13.0. The third-order valence-electron chi connectivity index (χ3n) is 3.03. The quantitative estimate of drug-likeness (QED) is 0.842. The molecule has 98 valence electrons. The van der Waals surface area contributed by atoms with E-state index < -0.39 is 0 Å². The molecule has 3 N–H and O–H groups in total. The maximum Gasteiger partial charge on any atom is 0.251 e. The van der Waals surface area contributed by atoms with Gasteiger partial charge in [-0.3, -0.25) is 4.79 Å². The maximum absolute atomic E-state index is 11.9. The first-order valence-electron chi connectivity index (χ1n) is 6.11. The number of nitrogens with two attached hydrogens (primary N) is 1. The zero-order valence-corrected chi connectivity index (χ0v) is 11.7. The lowest BCUT2D eigenvalue weighted by molar-refractivity contribution is 0.0169. The Morgan fingerprint density at radius 2 is 2.33 bits per heavy atom. The molecular formula is C13H17BrN2O2. The number of hydrogen-bond donors (Lipinski definition) is 2. The van der Waals surface area contributed by atoms with Gasteiger partial charge in [-0.1, -0.05) is 0 Å². The molecule has 1 fully saturated rings. The molecule has 0 saturated carbocycles. The van der Waals surface area contributed by atoms with Gasteiger partial charge in [0.1, 0.15) is 0 Å². The van der Waals surface area contributed by atoms with Crippen molar-refractivity contribution < 1.29 is 9.53 Å². The molecule has 4 nitrogen and oxygen atoms in total. The lowest BCUT2D eigenvalue weighted by atomic mass is 10.1. The van der Waals surface area contributed by atoms with E-state index in [-0.39, 0.29) is 12.0 Å². The minimum absolute atomic E-state index is 0.0927. The molecule has 0 bridgehead atoms. The summed E-state index contributed by atoms with van der Waals surface area (Å²) >= 11 is 3.31. The van der Waals surface area contributed by atoms with Crippen LogP contribution in [0.15, 0.2) is 22.7 Å². The number of hydrogen-bond acceptors (Lipinski definition) is 3. The molecular weight excluding hydrogens is 296 g/mol. The highest BCUT2D eigenvalue weighted by molar-refractivity contribution is 9.10. The van der Waals surface area contributed by atoms with Crippen molar-refractivity contribution in [2.75, 3.05) is 18.9 Å². The van der Waals surface area contributed by atoms with Crippen LogP contribution in [0.3, 0.4) is 0 Å². The minimum Gasteiger partial charge on any atom is -0.398 e. The fourth-order valence-corrected chi connectivity index (χ4v) is 2.32. The van der Waals surface area contributed by atoms with Crippen LogP contribution in [0.1, 0.15) is 29.6 Å². The van der Waals surface area contributed by atoms with Crippen LogP contribution in [-0.2, 0) is 4.74 Å². The van der Waals surface area contributed by atoms with Gasteiger partial charge < -0.3 is 15.8 Å². The van der Waals surface area contributed by atoms with Crippen molar-refractivity contribution in [3.8, 4) is 0 Å². The average Bonchev–Trinajstić information content (AvgIpc) is 2.40. The van der Waals surface area contributed by atoms with Crippen molar-refractivity contribution in [2.24, 2.45) is 0 Å². The Balaban J connectivity index is 1.88. The largest absolute Gasteiger partial charge is 0.398 e. The van der Waals surface area contributed by atoms with Crippen LogP contribution >= 0.6 is 15.9 Å². The highest BCUT2D eigenvalue weighted by atomic mass is 79.9. The predicted molar refractivity (Wildman–Crippen MR) is 74.5 cm³/mol. The molecule has 1 amide bonds. The lowest BCUT2D eigenvalue weighted by Gasteiger charge is -2.22. The van der Waals surface area contributed by atoms with E-state index in [1.165, 1.54) is 6.42 Å². The fourth-order valence-electron chi connectivity index (χ4n) is 1.95. The van der Waals surface area contributed by atoms with Gasteiger partial charge in [0.2, 0.25) is 0 Å². The summed E-state index contributed by atoms with van der Waals surface area (Å²) in [5.41, 5.74) is 6.91. The van der Waals surface area contributed by atoms with Crippen LogP contribution in [0.5, 0.6) is 0 Å². The third kappa shape index (κ3) is 3.46. The summed E-state index contributed by atoms with van der Waals surface area (Å²) in [6, 6.07) is 5.17. The number of anilines is 1. The first-order chi connectivity index (χ1) is 8.66. The number of benzene rings is 1. The Hall–Kier alpha value is -1.07. The number of carbonyl (C=O) groups excluding carboxylic acids is 1. The van der Waals surface area contributed by atoms with E-state index in [0.29, 0.717) is 17.8 Å². The van der Waals surface area contributed by atoms with E-state index in [9.17, 15) is 4.79 Å². The fraction of sp³-hybridized carbons (Fsp3) is 0.462. The molecule has 0 spiro atoms. The van der Waals surface area contributed by atoms with E-state index in [1.807, 2.05) is 0 Å². The second-order valence-electron chi connectivity index (χ2n) is 4.43. The summed E-state index contributed by atoms with van der Waals surface area (Å²) in [6.07, 6.45) is 3.47. The highest BCUT2D eigenvalue weighted by Crippen LogP contribution is 2.20. The Kier molecular flexibility index (Phi) is 4.60. The van der Waals surface area contributed by atoms with Crippen molar-refractivity contribution in [3.63, 3.8) is 0 Å². The van der Waals surface area contributed by atoms with E-state index >= 15 is 0 Å². The number of nitrogen functional groups attached to an aromatic ring is 1. The Morgan fingerprint density at radius 1 is 1.50 bits per heavy atom. The second kappa shape index (κ2) is 6.20. The first kappa shape index (κ1) is 13.4. The third-order valence-corrected chi connectivity index (χ3v) is 3.71. The molecule has 1 aromatic carbocycles. The molecule has 1 aromatic rings. The Bertz CT molecular complexity index is 431. The normalized spacial score (nSPS) is 19.5. The molecule has 5 heteroatoms. The molecule has 1 atom stereocenters. The van der Waals surface area contributed by atoms with Crippen molar-refractivity contribution >= 4 is 27.5 Å². The van der Waals surface area contributed by atoms with Gasteiger partial charge in [-0.05, 0) is 53.4 Å². The van der Waals surface area contributed by atoms with Gasteiger partial charge in [0, 0.05) is 28.9 Å². The van der Waals surface area contributed by atoms with E-state index in [4.69, 9.17) is 10.5 Å². The van der Waals surface area contributed by atoms with E-state index in [0.717, 1.165) is 23.9 Å². The summed E-state index contributed by atoms with van der Waals surface area (Å²) in [5.74, 6) is -0.0927. The number of rotatable bonds is 3. The number of carbonyl (C=O) groups is 1. The topological polar surface area (TPSA) is 64.4 Å². The van der Waals surface area contributed by atoms with Crippen molar-refractivity contribution in [2.45, 2.75) is 25.4 Å². The molecule has 18 heavy (non-hydrogen) atoms. The van der Waals surface area contributed by atoms with Gasteiger partial charge in [0.25, 0.3) is 5.91 Å². The van der Waals surface area contributed by atoms with Crippen molar-refractivity contribution in [3.05, 3.63) is 28.2 Å². The molecule has 1 saturated heterocycles. The first-order valence-corrected chi connectivity index (χ1v) is 6.91. The van der Waals surface area contributed by atoms with Crippen LogP contribution in [0.25, 0.3) is 0 Å². The number of ether oxygens (including phenoxy) is 1. The standard InChI is InChI=1S/C13H17BrN2O2/c14-11-7-9(4-5-12(11)15)13(17)16-8-10-3-1-2-6-18-10/h4-5,7,10H,1-3,6,8,15H2,(H,16,17). The maximum atomic E-state index is 11.9. The van der Waals surface area contributed by atoms with Gasteiger partial charge in [-0.15, -0.1) is 0 Å². The van der Waals surface area contributed by atoms with E-state index in [2.05, 4.69) is 21.2 Å².